The Morgan fingerprint density at radius 3 is 2.54 bits per heavy atom. The zero-order valence-corrected chi connectivity index (χ0v) is 16.8. The van der Waals surface area contributed by atoms with E-state index >= 15 is 0 Å². The first-order valence-electron chi connectivity index (χ1n) is 11.1. The first-order chi connectivity index (χ1) is 13.7. The maximum Gasteiger partial charge on any atom is 0.233 e. The van der Waals surface area contributed by atoms with Crippen molar-refractivity contribution in [2.24, 2.45) is 17.8 Å². The highest BCUT2D eigenvalue weighted by Gasteiger charge is 2.53. The van der Waals surface area contributed by atoms with Crippen LogP contribution in [0.1, 0.15) is 31.2 Å². The van der Waals surface area contributed by atoms with E-state index in [0.717, 1.165) is 64.7 Å². The third-order valence-corrected chi connectivity index (χ3v) is 7.43. The normalized spacial score (nSPS) is 30.5. The van der Waals surface area contributed by atoms with Crippen molar-refractivity contribution >= 4 is 5.91 Å². The molecule has 1 aliphatic heterocycles. The minimum absolute atomic E-state index is 0.250. The summed E-state index contributed by atoms with van der Waals surface area (Å²) in [7, 11) is 0. The molecule has 28 heavy (non-hydrogen) atoms. The van der Waals surface area contributed by atoms with Crippen LogP contribution >= 0.6 is 0 Å². The van der Waals surface area contributed by atoms with Gasteiger partial charge in [0.05, 0.1) is 18.6 Å². The molecule has 4 aliphatic rings. The summed E-state index contributed by atoms with van der Waals surface area (Å²) < 4.78 is 5.49. The molecule has 0 unspecified atom stereocenters. The molecule has 4 heteroatoms. The standard InChI is InChI=1S/C24H32N2O2/c27-23(24(8-9-24)22-4-2-1-3-5-22)26(11-10-25-12-14-28-15-13-25)18-21-17-19-6-7-20(21)16-19/h1-7,19-21H,8-18H2/t19-,20+,21+/m1/s1. The van der Waals surface area contributed by atoms with E-state index in [9.17, 15) is 4.79 Å². The Kier molecular flexibility index (Phi) is 5.02. The topological polar surface area (TPSA) is 32.8 Å². The quantitative estimate of drug-likeness (QED) is 0.682. The SMILES string of the molecule is O=C(N(CCN1CCOCC1)C[C@@H]1C[C@@H]2C=C[C@H]1C2)C1(c2ccccc2)CC1. The maximum absolute atomic E-state index is 13.8. The lowest BCUT2D eigenvalue weighted by molar-refractivity contribution is -0.135. The first kappa shape index (κ1) is 18.4. The number of morpholine rings is 1. The predicted molar refractivity (Wildman–Crippen MR) is 110 cm³/mol. The molecule has 1 heterocycles. The average Bonchev–Trinajstić information content (AvgIpc) is 3.30. The fraction of sp³-hybridized carbons (Fsp3) is 0.625. The molecule has 3 aliphatic carbocycles. The molecule has 0 N–H and O–H groups in total. The summed E-state index contributed by atoms with van der Waals surface area (Å²) in [5.74, 6) is 2.47. The summed E-state index contributed by atoms with van der Waals surface area (Å²) >= 11 is 0. The Balaban J connectivity index is 1.31. The van der Waals surface area contributed by atoms with E-state index in [1.165, 1.54) is 18.4 Å². The molecule has 1 saturated heterocycles. The fourth-order valence-electron chi connectivity index (χ4n) is 5.56. The van der Waals surface area contributed by atoms with Crippen molar-refractivity contribution in [2.75, 3.05) is 45.9 Å². The number of rotatable bonds is 7. The number of carbonyl (C=O) groups excluding carboxylic acids is 1. The van der Waals surface area contributed by atoms with Gasteiger partial charge in [-0.25, -0.2) is 0 Å². The van der Waals surface area contributed by atoms with Gasteiger partial charge in [-0.3, -0.25) is 9.69 Å². The summed E-state index contributed by atoms with van der Waals surface area (Å²) in [4.78, 5) is 18.4. The van der Waals surface area contributed by atoms with E-state index in [0.29, 0.717) is 17.7 Å². The van der Waals surface area contributed by atoms with Crippen molar-refractivity contribution in [3.8, 4) is 0 Å². The van der Waals surface area contributed by atoms with Gasteiger partial charge in [0.15, 0.2) is 0 Å². The molecule has 3 fully saturated rings. The monoisotopic (exact) mass is 380 g/mol. The number of fused-ring (bicyclic) bond motifs is 2. The largest absolute Gasteiger partial charge is 0.379 e. The van der Waals surface area contributed by atoms with Crippen LogP contribution in [0.5, 0.6) is 0 Å². The van der Waals surface area contributed by atoms with Gasteiger partial charge < -0.3 is 9.64 Å². The lowest BCUT2D eigenvalue weighted by Gasteiger charge is -2.34. The van der Waals surface area contributed by atoms with Gasteiger partial charge in [-0.2, -0.15) is 0 Å². The number of nitrogens with zero attached hydrogens (tertiary/aromatic N) is 2. The Morgan fingerprint density at radius 1 is 1.11 bits per heavy atom. The van der Waals surface area contributed by atoms with Crippen molar-refractivity contribution in [2.45, 2.75) is 31.1 Å². The van der Waals surface area contributed by atoms with Crippen LogP contribution in [0.15, 0.2) is 42.5 Å². The van der Waals surface area contributed by atoms with Gasteiger partial charge in [-0.1, -0.05) is 42.5 Å². The van der Waals surface area contributed by atoms with Gasteiger partial charge in [0.25, 0.3) is 0 Å². The van der Waals surface area contributed by atoms with E-state index < -0.39 is 0 Å². The summed E-state index contributed by atoms with van der Waals surface area (Å²) in [6, 6.07) is 10.5. The summed E-state index contributed by atoms with van der Waals surface area (Å²) in [5, 5.41) is 0. The van der Waals surface area contributed by atoms with Crippen LogP contribution in [0.3, 0.4) is 0 Å². The molecule has 1 aromatic carbocycles. The molecule has 150 valence electrons. The number of hydrogen-bond acceptors (Lipinski definition) is 3. The number of carbonyl (C=O) groups is 1. The van der Waals surface area contributed by atoms with E-state index in [4.69, 9.17) is 4.74 Å². The second-order valence-electron chi connectivity index (χ2n) is 9.19. The Morgan fingerprint density at radius 2 is 1.89 bits per heavy atom. The molecular formula is C24H32N2O2. The van der Waals surface area contributed by atoms with Crippen LogP contribution < -0.4 is 0 Å². The van der Waals surface area contributed by atoms with Gasteiger partial charge >= 0.3 is 0 Å². The van der Waals surface area contributed by atoms with Crippen LogP contribution in [-0.4, -0.2) is 61.6 Å². The highest BCUT2D eigenvalue weighted by Crippen LogP contribution is 2.50. The minimum atomic E-state index is -0.250. The molecule has 0 aromatic heterocycles. The molecule has 2 bridgehead atoms. The summed E-state index contributed by atoms with van der Waals surface area (Å²) in [6.45, 7) is 6.37. The van der Waals surface area contributed by atoms with Crippen LogP contribution in [0.2, 0.25) is 0 Å². The zero-order chi connectivity index (χ0) is 19.0. The Labute approximate surface area is 168 Å². The first-order valence-corrected chi connectivity index (χ1v) is 11.1. The fourth-order valence-corrected chi connectivity index (χ4v) is 5.56. The van der Waals surface area contributed by atoms with Crippen LogP contribution in [0, 0.1) is 17.8 Å². The summed E-state index contributed by atoms with van der Waals surface area (Å²) in [6.07, 6.45) is 9.38. The van der Waals surface area contributed by atoms with Gasteiger partial charge in [-0.15, -0.1) is 0 Å². The van der Waals surface area contributed by atoms with Crippen LogP contribution in [0.4, 0.5) is 0 Å². The number of allylic oxidation sites excluding steroid dienone is 2. The van der Waals surface area contributed by atoms with Gasteiger partial charge in [0.2, 0.25) is 5.91 Å². The third-order valence-electron chi connectivity index (χ3n) is 7.43. The van der Waals surface area contributed by atoms with Gasteiger partial charge in [0, 0.05) is 32.7 Å². The van der Waals surface area contributed by atoms with E-state index in [1.54, 1.807) is 0 Å². The molecular weight excluding hydrogens is 348 g/mol. The van der Waals surface area contributed by atoms with Crippen LogP contribution in [0.25, 0.3) is 0 Å². The van der Waals surface area contributed by atoms with E-state index in [-0.39, 0.29) is 5.41 Å². The van der Waals surface area contributed by atoms with Crippen molar-refractivity contribution in [1.82, 2.24) is 9.80 Å². The molecule has 2 saturated carbocycles. The Hall–Kier alpha value is -1.65. The van der Waals surface area contributed by atoms with Gasteiger partial charge in [0.1, 0.15) is 0 Å². The molecule has 1 aromatic rings. The highest BCUT2D eigenvalue weighted by atomic mass is 16.5. The second-order valence-corrected chi connectivity index (χ2v) is 9.19. The number of hydrogen-bond donors (Lipinski definition) is 0. The van der Waals surface area contributed by atoms with Gasteiger partial charge in [-0.05, 0) is 49.0 Å². The number of amides is 1. The summed E-state index contributed by atoms with van der Waals surface area (Å²) in [5.41, 5.74) is 0.962. The maximum atomic E-state index is 13.8. The smallest absolute Gasteiger partial charge is 0.233 e. The highest BCUT2D eigenvalue weighted by molar-refractivity contribution is 5.91. The number of benzene rings is 1. The molecule has 1 amide bonds. The molecule has 5 rings (SSSR count). The minimum Gasteiger partial charge on any atom is -0.379 e. The molecule has 0 radical (unpaired) electrons. The zero-order valence-electron chi connectivity index (χ0n) is 16.8. The van der Waals surface area contributed by atoms with Crippen molar-refractivity contribution in [1.29, 1.82) is 0 Å². The van der Waals surface area contributed by atoms with Crippen molar-refractivity contribution in [3.05, 3.63) is 48.0 Å². The molecule has 3 atom stereocenters. The van der Waals surface area contributed by atoms with Crippen molar-refractivity contribution < 1.29 is 9.53 Å². The molecule has 4 nitrogen and oxygen atoms in total. The van der Waals surface area contributed by atoms with Crippen molar-refractivity contribution in [3.63, 3.8) is 0 Å². The van der Waals surface area contributed by atoms with Crippen LogP contribution in [-0.2, 0) is 14.9 Å². The second kappa shape index (κ2) is 7.64. The number of ether oxygens (including phenoxy) is 1. The lowest BCUT2D eigenvalue weighted by Crippen LogP contribution is -2.47. The Bertz CT molecular complexity index is 721. The third kappa shape index (κ3) is 3.53. The van der Waals surface area contributed by atoms with E-state index in [2.05, 4.69) is 46.2 Å². The average molecular weight is 381 g/mol. The molecule has 0 spiro atoms. The lowest BCUT2D eigenvalue weighted by atomic mass is 9.90. The van der Waals surface area contributed by atoms with E-state index in [1.807, 2.05) is 6.07 Å². The predicted octanol–water partition coefficient (Wildman–Crippen LogP) is 3.09.